The van der Waals surface area contributed by atoms with E-state index < -0.39 is 11.6 Å². The molecular formula is C30H37F2N3O. The third-order valence-corrected chi connectivity index (χ3v) is 9.29. The Morgan fingerprint density at radius 3 is 2.44 bits per heavy atom. The molecule has 2 bridgehead atoms. The lowest BCUT2D eigenvalue weighted by Gasteiger charge is -2.52. The maximum atomic E-state index is 14.8. The summed E-state index contributed by atoms with van der Waals surface area (Å²) in [5, 5.41) is 0. The molecule has 0 aromatic heterocycles. The zero-order valence-electron chi connectivity index (χ0n) is 21.3. The fourth-order valence-corrected chi connectivity index (χ4v) is 7.63. The highest BCUT2D eigenvalue weighted by Gasteiger charge is 2.47. The molecule has 2 aromatic carbocycles. The molecule has 0 amide bonds. The summed E-state index contributed by atoms with van der Waals surface area (Å²) in [4.78, 5) is 7.23. The van der Waals surface area contributed by atoms with Crippen LogP contribution < -0.4 is 4.90 Å². The van der Waals surface area contributed by atoms with Gasteiger partial charge in [-0.05, 0) is 88.4 Å². The Morgan fingerprint density at radius 2 is 1.72 bits per heavy atom. The first-order valence-corrected chi connectivity index (χ1v) is 13.6. The average Bonchev–Trinajstić information content (AvgIpc) is 3.16. The molecule has 2 unspecified atom stereocenters. The summed E-state index contributed by atoms with van der Waals surface area (Å²) in [6, 6.07) is 14.8. The molecule has 192 valence electrons. The molecule has 6 rings (SSSR count). The second-order valence-electron chi connectivity index (χ2n) is 11.1. The fraction of sp³-hybridized carbons (Fsp3) is 0.533. The smallest absolute Gasteiger partial charge is 0.182 e. The van der Waals surface area contributed by atoms with Crippen LogP contribution in [0.4, 0.5) is 14.5 Å². The molecule has 0 N–H and O–H groups in total. The van der Waals surface area contributed by atoms with Gasteiger partial charge in [0.05, 0.1) is 12.3 Å². The van der Waals surface area contributed by atoms with Gasteiger partial charge in [-0.25, -0.2) is 8.78 Å². The summed E-state index contributed by atoms with van der Waals surface area (Å²) in [5.74, 6) is -0.659. The van der Waals surface area contributed by atoms with Crippen molar-refractivity contribution in [2.75, 3.05) is 31.1 Å². The van der Waals surface area contributed by atoms with Crippen molar-refractivity contribution in [2.45, 2.75) is 75.5 Å². The topological polar surface area (TPSA) is 19.0 Å². The van der Waals surface area contributed by atoms with Crippen molar-refractivity contribution in [1.82, 2.24) is 9.80 Å². The number of fused-ring (bicyclic) bond motifs is 4. The monoisotopic (exact) mass is 493 g/mol. The van der Waals surface area contributed by atoms with Crippen LogP contribution in [-0.2, 0) is 16.7 Å². The number of ether oxygens (including phenoxy) is 1. The lowest BCUT2D eigenvalue weighted by Crippen LogP contribution is -2.56. The first-order chi connectivity index (χ1) is 17.5. The Hall–Kier alpha value is -2.60. The minimum Gasteiger partial charge on any atom is -0.480 e. The van der Waals surface area contributed by atoms with E-state index in [1.807, 2.05) is 6.92 Å². The zero-order chi connectivity index (χ0) is 24.9. The Bertz CT molecular complexity index is 1110. The van der Waals surface area contributed by atoms with Crippen LogP contribution >= 0.6 is 0 Å². The summed E-state index contributed by atoms with van der Waals surface area (Å²) in [7, 11) is 0. The van der Waals surface area contributed by atoms with Crippen LogP contribution in [0.15, 0.2) is 54.9 Å². The Morgan fingerprint density at radius 1 is 1.00 bits per heavy atom. The summed E-state index contributed by atoms with van der Waals surface area (Å²) < 4.78 is 34.7. The predicted octanol–water partition coefficient (Wildman–Crippen LogP) is 5.82. The summed E-state index contributed by atoms with van der Waals surface area (Å²) >= 11 is 0. The second kappa shape index (κ2) is 9.37. The number of piperidine rings is 2. The standard InChI is InChI=1S/C30H37F2N3O/c1-3-36-21(2)35-23-11-12-24(35)18-25(17-23)33-15-13-30(14-16-33)20-34(19-22-7-4-5-8-26(22)30)28-10-6-9-27(31)29(28)32/h4-10,23-25H,2-3,11-20H2,1H3. The van der Waals surface area contributed by atoms with Gasteiger partial charge in [-0.2, -0.15) is 0 Å². The van der Waals surface area contributed by atoms with Gasteiger partial charge in [-0.15, -0.1) is 0 Å². The van der Waals surface area contributed by atoms with E-state index in [0.29, 0.717) is 37.0 Å². The number of halogens is 2. The Kier molecular flexibility index (Phi) is 6.19. The molecule has 1 spiro atoms. The molecule has 4 heterocycles. The van der Waals surface area contributed by atoms with E-state index in [1.165, 1.54) is 42.9 Å². The van der Waals surface area contributed by atoms with E-state index in [1.54, 1.807) is 12.1 Å². The SMILES string of the molecule is C=C(OCC)N1C2CCC1CC(N1CCC3(CC1)CN(c1cccc(F)c1F)Cc1ccccc13)C2. The number of hydrogen-bond acceptors (Lipinski definition) is 4. The van der Waals surface area contributed by atoms with Gasteiger partial charge >= 0.3 is 0 Å². The summed E-state index contributed by atoms with van der Waals surface area (Å²) in [5.41, 5.74) is 2.99. The Labute approximate surface area is 213 Å². The molecule has 0 radical (unpaired) electrons. The van der Waals surface area contributed by atoms with Crippen LogP contribution in [0.25, 0.3) is 0 Å². The van der Waals surface area contributed by atoms with Crippen LogP contribution in [0.5, 0.6) is 0 Å². The average molecular weight is 494 g/mol. The van der Waals surface area contributed by atoms with Gasteiger partial charge < -0.3 is 19.4 Å². The van der Waals surface area contributed by atoms with Crippen molar-refractivity contribution < 1.29 is 13.5 Å². The fourth-order valence-electron chi connectivity index (χ4n) is 7.63. The highest BCUT2D eigenvalue weighted by atomic mass is 19.2. The van der Waals surface area contributed by atoms with Crippen LogP contribution in [0.1, 0.15) is 56.6 Å². The second-order valence-corrected chi connectivity index (χ2v) is 11.1. The van der Waals surface area contributed by atoms with Gasteiger partial charge in [0.15, 0.2) is 17.5 Å². The van der Waals surface area contributed by atoms with Crippen molar-refractivity contribution in [2.24, 2.45) is 0 Å². The first kappa shape index (κ1) is 23.8. The van der Waals surface area contributed by atoms with E-state index in [4.69, 9.17) is 4.74 Å². The van der Waals surface area contributed by atoms with Crippen LogP contribution in [-0.4, -0.2) is 54.2 Å². The Balaban J connectivity index is 1.20. The summed E-state index contributed by atoms with van der Waals surface area (Å²) in [6.07, 6.45) is 6.88. The van der Waals surface area contributed by atoms with Gasteiger partial charge in [0, 0.05) is 36.6 Å². The summed E-state index contributed by atoms with van der Waals surface area (Å²) in [6.45, 7) is 10.3. The van der Waals surface area contributed by atoms with Crippen LogP contribution in [0, 0.1) is 11.6 Å². The molecular weight excluding hydrogens is 456 g/mol. The number of nitrogens with zero attached hydrogens (tertiary/aromatic N) is 3. The van der Waals surface area contributed by atoms with E-state index in [0.717, 1.165) is 38.4 Å². The maximum Gasteiger partial charge on any atom is 0.182 e. The van der Waals surface area contributed by atoms with E-state index in [2.05, 4.69) is 45.5 Å². The molecule has 4 aliphatic rings. The van der Waals surface area contributed by atoms with Gasteiger partial charge in [-0.3, -0.25) is 0 Å². The maximum absolute atomic E-state index is 14.8. The lowest BCUT2D eigenvalue weighted by atomic mass is 9.68. The number of hydrogen-bond donors (Lipinski definition) is 0. The normalized spacial score (nSPS) is 27.2. The van der Waals surface area contributed by atoms with Gasteiger partial charge in [-0.1, -0.05) is 30.3 Å². The molecule has 3 fully saturated rings. The van der Waals surface area contributed by atoms with Gasteiger partial charge in [0.2, 0.25) is 0 Å². The molecule has 4 aliphatic heterocycles. The third-order valence-electron chi connectivity index (χ3n) is 9.29. The molecule has 2 aromatic rings. The van der Waals surface area contributed by atoms with Gasteiger partial charge in [0.1, 0.15) is 0 Å². The third kappa shape index (κ3) is 3.98. The van der Waals surface area contributed by atoms with Crippen molar-refractivity contribution in [3.05, 3.63) is 77.7 Å². The van der Waals surface area contributed by atoms with Crippen LogP contribution in [0.2, 0.25) is 0 Å². The van der Waals surface area contributed by atoms with Crippen molar-refractivity contribution >= 4 is 5.69 Å². The largest absolute Gasteiger partial charge is 0.480 e. The van der Waals surface area contributed by atoms with E-state index >= 15 is 0 Å². The molecule has 2 atom stereocenters. The van der Waals surface area contributed by atoms with Crippen molar-refractivity contribution in [3.8, 4) is 0 Å². The number of benzene rings is 2. The number of rotatable bonds is 5. The van der Waals surface area contributed by atoms with Gasteiger partial charge in [0.25, 0.3) is 0 Å². The predicted molar refractivity (Wildman–Crippen MR) is 139 cm³/mol. The minimum atomic E-state index is -0.775. The molecule has 3 saturated heterocycles. The number of likely N-dealkylation sites (tertiary alicyclic amines) is 1. The van der Waals surface area contributed by atoms with Crippen molar-refractivity contribution in [1.29, 1.82) is 0 Å². The molecule has 4 nitrogen and oxygen atoms in total. The van der Waals surface area contributed by atoms with E-state index in [-0.39, 0.29) is 5.41 Å². The molecule has 36 heavy (non-hydrogen) atoms. The minimum absolute atomic E-state index is 0.0347. The molecule has 6 heteroatoms. The molecule has 0 saturated carbocycles. The van der Waals surface area contributed by atoms with E-state index in [9.17, 15) is 8.78 Å². The lowest BCUT2D eigenvalue weighted by molar-refractivity contribution is 0.0148. The number of anilines is 1. The zero-order valence-corrected chi connectivity index (χ0v) is 21.3. The first-order valence-electron chi connectivity index (χ1n) is 13.6. The van der Waals surface area contributed by atoms with Crippen molar-refractivity contribution in [3.63, 3.8) is 0 Å². The molecule has 0 aliphatic carbocycles. The highest BCUT2D eigenvalue weighted by molar-refractivity contribution is 5.53. The highest BCUT2D eigenvalue weighted by Crippen LogP contribution is 2.46. The quantitative estimate of drug-likeness (QED) is 0.489. The van der Waals surface area contributed by atoms with Crippen LogP contribution in [0.3, 0.4) is 0 Å².